The summed E-state index contributed by atoms with van der Waals surface area (Å²) in [4.78, 5) is 4.35. The first kappa shape index (κ1) is 12.0. The average Bonchev–Trinajstić information content (AvgIpc) is 2.72. The third kappa shape index (κ3) is 2.04. The molecule has 19 heavy (non-hydrogen) atoms. The standard InChI is InChI=1S/C14H10ClFN2O/c1-7-4-8(16)2-3-9(7)14-18-12-5-10(15)11(17)6-13(12)19-14/h2-6H,17H2,1H3. The molecule has 5 heteroatoms. The summed E-state index contributed by atoms with van der Waals surface area (Å²) in [5.41, 5.74) is 8.83. The van der Waals surface area contributed by atoms with Gasteiger partial charge in [-0.3, -0.25) is 0 Å². The zero-order valence-electron chi connectivity index (χ0n) is 10.1. The average molecular weight is 277 g/mol. The third-order valence-electron chi connectivity index (χ3n) is 2.93. The summed E-state index contributed by atoms with van der Waals surface area (Å²) in [7, 11) is 0. The molecule has 3 aromatic rings. The molecule has 0 saturated carbocycles. The van der Waals surface area contributed by atoms with E-state index in [1.165, 1.54) is 12.1 Å². The molecule has 0 amide bonds. The molecule has 1 aromatic heterocycles. The topological polar surface area (TPSA) is 52.0 Å². The number of rotatable bonds is 1. The quantitative estimate of drug-likeness (QED) is 0.678. The van der Waals surface area contributed by atoms with Crippen LogP contribution in [0.25, 0.3) is 22.6 Å². The predicted molar refractivity (Wildman–Crippen MR) is 73.6 cm³/mol. The van der Waals surface area contributed by atoms with Crippen molar-refractivity contribution in [2.45, 2.75) is 6.92 Å². The fourth-order valence-electron chi connectivity index (χ4n) is 1.95. The summed E-state index contributed by atoms with van der Waals surface area (Å²) in [6.07, 6.45) is 0. The number of nitrogens with two attached hydrogens (primary N) is 1. The zero-order chi connectivity index (χ0) is 13.6. The van der Waals surface area contributed by atoms with E-state index in [1.54, 1.807) is 25.1 Å². The van der Waals surface area contributed by atoms with Crippen molar-refractivity contribution in [1.82, 2.24) is 4.98 Å². The van der Waals surface area contributed by atoms with Gasteiger partial charge in [0.15, 0.2) is 5.58 Å². The number of benzene rings is 2. The van der Waals surface area contributed by atoms with Crippen LogP contribution < -0.4 is 5.73 Å². The fourth-order valence-corrected chi connectivity index (χ4v) is 2.10. The van der Waals surface area contributed by atoms with Gasteiger partial charge < -0.3 is 10.2 Å². The highest BCUT2D eigenvalue weighted by Gasteiger charge is 2.12. The highest BCUT2D eigenvalue weighted by atomic mass is 35.5. The largest absolute Gasteiger partial charge is 0.436 e. The monoisotopic (exact) mass is 276 g/mol. The number of hydrogen-bond donors (Lipinski definition) is 1. The van der Waals surface area contributed by atoms with Gasteiger partial charge in [-0.25, -0.2) is 9.37 Å². The SMILES string of the molecule is Cc1cc(F)ccc1-c1nc2cc(Cl)c(N)cc2o1. The van der Waals surface area contributed by atoms with Crippen molar-refractivity contribution in [1.29, 1.82) is 0 Å². The van der Waals surface area contributed by atoms with E-state index in [4.69, 9.17) is 21.8 Å². The molecule has 0 spiro atoms. The molecule has 3 rings (SSSR count). The van der Waals surface area contributed by atoms with E-state index in [0.717, 1.165) is 11.1 Å². The van der Waals surface area contributed by atoms with Gasteiger partial charge in [-0.2, -0.15) is 0 Å². The van der Waals surface area contributed by atoms with Crippen molar-refractivity contribution in [2.24, 2.45) is 0 Å². The maximum atomic E-state index is 13.1. The number of oxazole rings is 1. The Morgan fingerprint density at radius 3 is 2.79 bits per heavy atom. The van der Waals surface area contributed by atoms with Crippen molar-refractivity contribution >= 4 is 28.4 Å². The van der Waals surface area contributed by atoms with Gasteiger partial charge >= 0.3 is 0 Å². The van der Waals surface area contributed by atoms with Crippen molar-refractivity contribution in [2.75, 3.05) is 5.73 Å². The molecule has 2 aromatic carbocycles. The molecule has 0 saturated heterocycles. The lowest BCUT2D eigenvalue weighted by Gasteiger charge is -2.00. The van der Waals surface area contributed by atoms with Crippen LogP contribution in [0.3, 0.4) is 0 Å². The van der Waals surface area contributed by atoms with Crippen molar-refractivity contribution < 1.29 is 8.81 Å². The van der Waals surface area contributed by atoms with Gasteiger partial charge in [0.1, 0.15) is 11.3 Å². The molecule has 1 heterocycles. The number of aromatic nitrogens is 1. The smallest absolute Gasteiger partial charge is 0.227 e. The molecule has 0 unspecified atom stereocenters. The molecule has 0 aliphatic heterocycles. The molecular weight excluding hydrogens is 267 g/mol. The van der Waals surface area contributed by atoms with Crippen LogP contribution in [0.1, 0.15) is 5.56 Å². The Balaban J connectivity index is 2.20. The van der Waals surface area contributed by atoms with Gasteiger partial charge in [-0.1, -0.05) is 11.6 Å². The van der Waals surface area contributed by atoms with Gasteiger partial charge in [-0.15, -0.1) is 0 Å². The van der Waals surface area contributed by atoms with Crippen LogP contribution in [-0.2, 0) is 0 Å². The molecule has 0 bridgehead atoms. The summed E-state index contributed by atoms with van der Waals surface area (Å²) in [5.74, 6) is 0.138. The first-order valence-electron chi connectivity index (χ1n) is 5.66. The highest BCUT2D eigenvalue weighted by Crippen LogP contribution is 2.31. The van der Waals surface area contributed by atoms with Crippen LogP contribution in [0, 0.1) is 12.7 Å². The molecule has 0 aliphatic rings. The second-order valence-electron chi connectivity index (χ2n) is 4.32. The number of anilines is 1. The van der Waals surface area contributed by atoms with Crippen molar-refractivity contribution in [3.63, 3.8) is 0 Å². The van der Waals surface area contributed by atoms with Crippen LogP contribution in [0.4, 0.5) is 10.1 Å². The van der Waals surface area contributed by atoms with Crippen LogP contribution in [-0.4, -0.2) is 4.98 Å². The highest BCUT2D eigenvalue weighted by molar-refractivity contribution is 6.33. The lowest BCUT2D eigenvalue weighted by atomic mass is 10.1. The van der Waals surface area contributed by atoms with Crippen LogP contribution in [0.2, 0.25) is 5.02 Å². The first-order valence-corrected chi connectivity index (χ1v) is 6.04. The summed E-state index contributed by atoms with van der Waals surface area (Å²) < 4.78 is 18.7. The predicted octanol–water partition coefficient (Wildman–Crippen LogP) is 4.18. The molecule has 0 radical (unpaired) electrons. The van der Waals surface area contributed by atoms with Crippen LogP contribution in [0.15, 0.2) is 34.7 Å². The fraction of sp³-hybridized carbons (Fsp3) is 0.0714. The summed E-state index contributed by atoms with van der Waals surface area (Å²) in [6.45, 7) is 1.80. The number of fused-ring (bicyclic) bond motifs is 1. The molecule has 96 valence electrons. The Kier molecular flexibility index (Phi) is 2.68. The van der Waals surface area contributed by atoms with Crippen molar-refractivity contribution in [3.05, 3.63) is 46.7 Å². The third-order valence-corrected chi connectivity index (χ3v) is 3.25. The van der Waals surface area contributed by atoms with Gasteiger partial charge in [0.25, 0.3) is 0 Å². The van der Waals surface area contributed by atoms with E-state index in [0.29, 0.717) is 27.7 Å². The lowest BCUT2D eigenvalue weighted by Crippen LogP contribution is -1.85. The molecule has 0 aliphatic carbocycles. The summed E-state index contributed by atoms with van der Waals surface area (Å²) in [6, 6.07) is 7.73. The number of hydrogen-bond acceptors (Lipinski definition) is 3. The summed E-state index contributed by atoms with van der Waals surface area (Å²) in [5, 5.41) is 0.433. The zero-order valence-corrected chi connectivity index (χ0v) is 10.8. The van der Waals surface area contributed by atoms with Gasteiger partial charge in [0, 0.05) is 11.6 Å². The number of nitrogens with zero attached hydrogens (tertiary/aromatic N) is 1. The van der Waals surface area contributed by atoms with Crippen molar-refractivity contribution in [3.8, 4) is 11.5 Å². The van der Waals surface area contributed by atoms with E-state index in [2.05, 4.69) is 4.98 Å². The Morgan fingerprint density at radius 2 is 2.05 bits per heavy atom. The molecule has 3 nitrogen and oxygen atoms in total. The number of aryl methyl sites for hydroxylation is 1. The maximum absolute atomic E-state index is 13.1. The van der Waals surface area contributed by atoms with E-state index >= 15 is 0 Å². The lowest BCUT2D eigenvalue weighted by molar-refractivity contribution is 0.615. The minimum atomic E-state index is -0.287. The first-order chi connectivity index (χ1) is 9.04. The maximum Gasteiger partial charge on any atom is 0.227 e. The Labute approximate surface area is 113 Å². The number of nitrogen functional groups attached to an aromatic ring is 1. The minimum Gasteiger partial charge on any atom is -0.436 e. The van der Waals surface area contributed by atoms with E-state index in [1.807, 2.05) is 0 Å². The Morgan fingerprint density at radius 1 is 1.26 bits per heavy atom. The molecule has 0 fully saturated rings. The Bertz CT molecular complexity index is 743. The second-order valence-corrected chi connectivity index (χ2v) is 4.73. The van der Waals surface area contributed by atoms with E-state index < -0.39 is 0 Å². The minimum absolute atomic E-state index is 0.287. The van der Waals surface area contributed by atoms with Crippen LogP contribution in [0.5, 0.6) is 0 Å². The van der Waals surface area contributed by atoms with E-state index in [9.17, 15) is 4.39 Å². The summed E-state index contributed by atoms with van der Waals surface area (Å²) >= 11 is 5.94. The van der Waals surface area contributed by atoms with Crippen LogP contribution >= 0.6 is 11.6 Å². The van der Waals surface area contributed by atoms with Gasteiger partial charge in [0.2, 0.25) is 5.89 Å². The Hall–Kier alpha value is -2.07. The van der Waals surface area contributed by atoms with Gasteiger partial charge in [0.05, 0.1) is 10.7 Å². The molecule has 2 N–H and O–H groups in total. The number of halogens is 2. The molecule has 0 atom stereocenters. The normalized spacial score (nSPS) is 11.1. The second kappa shape index (κ2) is 4.24. The van der Waals surface area contributed by atoms with E-state index in [-0.39, 0.29) is 5.82 Å². The molecular formula is C14H10ClFN2O. The van der Waals surface area contributed by atoms with Gasteiger partial charge in [-0.05, 0) is 36.8 Å².